The third kappa shape index (κ3) is 3.43. The number of rotatable bonds is 6. The van der Waals surface area contributed by atoms with E-state index in [0.29, 0.717) is 12.6 Å². The number of hydrogen-bond acceptors (Lipinski definition) is 2. The van der Waals surface area contributed by atoms with Crippen molar-refractivity contribution in [3.8, 4) is 0 Å². The van der Waals surface area contributed by atoms with Gasteiger partial charge in [-0.3, -0.25) is 0 Å². The standard InChI is InChI=1S/C14H23FN2/c1-5-9-17(11(2)3)14-12(10-16-4)7-6-8-13(14)15/h6-8,11,16H,5,9-10H2,1-4H3. The topological polar surface area (TPSA) is 15.3 Å². The summed E-state index contributed by atoms with van der Waals surface area (Å²) in [4.78, 5) is 2.14. The summed E-state index contributed by atoms with van der Waals surface area (Å²) in [6, 6.07) is 5.61. The van der Waals surface area contributed by atoms with E-state index in [1.54, 1.807) is 12.1 Å². The van der Waals surface area contributed by atoms with Gasteiger partial charge < -0.3 is 10.2 Å². The molecule has 0 radical (unpaired) electrons. The summed E-state index contributed by atoms with van der Waals surface area (Å²) in [5.41, 5.74) is 1.77. The van der Waals surface area contributed by atoms with E-state index in [4.69, 9.17) is 0 Å². The van der Waals surface area contributed by atoms with Crippen LogP contribution in [0, 0.1) is 5.82 Å². The van der Waals surface area contributed by atoms with Gasteiger partial charge in [0, 0.05) is 19.1 Å². The molecule has 1 aromatic carbocycles. The Morgan fingerprint density at radius 3 is 2.59 bits per heavy atom. The van der Waals surface area contributed by atoms with Crippen LogP contribution in [0.4, 0.5) is 10.1 Å². The normalized spacial score (nSPS) is 10.9. The van der Waals surface area contributed by atoms with Gasteiger partial charge in [-0.2, -0.15) is 0 Å². The fourth-order valence-corrected chi connectivity index (χ4v) is 2.08. The third-order valence-electron chi connectivity index (χ3n) is 2.81. The molecule has 3 heteroatoms. The van der Waals surface area contributed by atoms with Crippen LogP contribution in [0.3, 0.4) is 0 Å². The van der Waals surface area contributed by atoms with Gasteiger partial charge in [0.1, 0.15) is 5.82 Å². The molecule has 0 heterocycles. The molecule has 0 aromatic heterocycles. The van der Waals surface area contributed by atoms with E-state index in [0.717, 1.165) is 24.2 Å². The van der Waals surface area contributed by atoms with Gasteiger partial charge in [-0.25, -0.2) is 4.39 Å². The first-order valence-corrected chi connectivity index (χ1v) is 6.30. The van der Waals surface area contributed by atoms with Crippen LogP contribution in [0.15, 0.2) is 18.2 Å². The van der Waals surface area contributed by atoms with E-state index in [-0.39, 0.29) is 5.82 Å². The Hall–Kier alpha value is -1.09. The monoisotopic (exact) mass is 238 g/mol. The van der Waals surface area contributed by atoms with Gasteiger partial charge in [0.15, 0.2) is 0 Å². The summed E-state index contributed by atoms with van der Waals surface area (Å²) in [5.74, 6) is -0.125. The molecule has 0 bridgehead atoms. The van der Waals surface area contributed by atoms with Gasteiger partial charge in [0.25, 0.3) is 0 Å². The maximum atomic E-state index is 14.0. The van der Waals surface area contributed by atoms with Gasteiger partial charge in [-0.1, -0.05) is 19.1 Å². The van der Waals surface area contributed by atoms with Crippen molar-refractivity contribution in [2.75, 3.05) is 18.5 Å². The van der Waals surface area contributed by atoms with E-state index >= 15 is 0 Å². The van der Waals surface area contributed by atoms with Crippen molar-refractivity contribution in [2.45, 2.75) is 39.8 Å². The molecule has 0 aliphatic carbocycles. The molecular formula is C14H23FN2. The first kappa shape index (κ1) is 14.0. The lowest BCUT2D eigenvalue weighted by Gasteiger charge is -2.31. The van der Waals surface area contributed by atoms with Crippen LogP contribution in [-0.2, 0) is 6.54 Å². The molecule has 0 saturated heterocycles. The van der Waals surface area contributed by atoms with Crippen LogP contribution < -0.4 is 10.2 Å². The Labute approximate surface area is 104 Å². The lowest BCUT2D eigenvalue weighted by Crippen LogP contribution is -2.33. The molecule has 0 saturated carbocycles. The van der Waals surface area contributed by atoms with Gasteiger partial charge in [-0.05, 0) is 38.9 Å². The first-order chi connectivity index (χ1) is 8.11. The maximum absolute atomic E-state index is 14.0. The van der Waals surface area contributed by atoms with Gasteiger partial charge in [0.05, 0.1) is 5.69 Å². The van der Waals surface area contributed by atoms with Gasteiger partial charge in [0.2, 0.25) is 0 Å². The molecule has 1 rings (SSSR count). The lowest BCUT2D eigenvalue weighted by molar-refractivity contribution is 0.591. The van der Waals surface area contributed by atoms with Crippen molar-refractivity contribution in [1.82, 2.24) is 5.32 Å². The molecule has 2 nitrogen and oxygen atoms in total. The van der Waals surface area contributed by atoms with Crippen LogP contribution in [0.25, 0.3) is 0 Å². The molecule has 96 valence electrons. The average Bonchev–Trinajstić information content (AvgIpc) is 2.27. The van der Waals surface area contributed by atoms with Crippen LogP contribution in [0.5, 0.6) is 0 Å². The van der Waals surface area contributed by atoms with Crippen LogP contribution in [0.1, 0.15) is 32.8 Å². The van der Waals surface area contributed by atoms with Crippen molar-refractivity contribution in [3.63, 3.8) is 0 Å². The first-order valence-electron chi connectivity index (χ1n) is 6.30. The fourth-order valence-electron chi connectivity index (χ4n) is 2.08. The Morgan fingerprint density at radius 2 is 2.06 bits per heavy atom. The number of anilines is 1. The quantitative estimate of drug-likeness (QED) is 0.819. The SMILES string of the molecule is CCCN(c1c(F)cccc1CNC)C(C)C. The Kier molecular flexibility index (Phi) is 5.42. The number of benzene rings is 1. The molecular weight excluding hydrogens is 215 g/mol. The van der Waals surface area contributed by atoms with Crippen molar-refractivity contribution in [1.29, 1.82) is 0 Å². The number of nitrogens with zero attached hydrogens (tertiary/aromatic N) is 1. The molecule has 0 spiro atoms. The van der Waals surface area contributed by atoms with Crippen molar-refractivity contribution in [2.24, 2.45) is 0 Å². The minimum absolute atomic E-state index is 0.125. The second kappa shape index (κ2) is 6.60. The van der Waals surface area contributed by atoms with Crippen molar-refractivity contribution in [3.05, 3.63) is 29.6 Å². The van der Waals surface area contributed by atoms with Crippen LogP contribution in [-0.4, -0.2) is 19.6 Å². The predicted octanol–water partition coefficient (Wildman–Crippen LogP) is 3.17. The van der Waals surface area contributed by atoms with E-state index in [9.17, 15) is 4.39 Å². The molecule has 0 amide bonds. The molecule has 0 unspecified atom stereocenters. The maximum Gasteiger partial charge on any atom is 0.146 e. The Morgan fingerprint density at radius 1 is 1.35 bits per heavy atom. The van der Waals surface area contributed by atoms with E-state index in [1.807, 2.05) is 13.1 Å². The highest BCUT2D eigenvalue weighted by Crippen LogP contribution is 2.26. The molecule has 0 aliphatic rings. The second-order valence-electron chi connectivity index (χ2n) is 4.57. The summed E-state index contributed by atoms with van der Waals surface area (Å²) < 4.78 is 14.0. The van der Waals surface area contributed by atoms with E-state index < -0.39 is 0 Å². The summed E-state index contributed by atoms with van der Waals surface area (Å²) >= 11 is 0. The lowest BCUT2D eigenvalue weighted by atomic mass is 10.1. The molecule has 0 aliphatic heterocycles. The zero-order valence-electron chi connectivity index (χ0n) is 11.3. The molecule has 0 atom stereocenters. The zero-order valence-corrected chi connectivity index (χ0v) is 11.3. The van der Waals surface area contributed by atoms with Crippen molar-refractivity contribution < 1.29 is 4.39 Å². The minimum atomic E-state index is -0.125. The summed E-state index contributed by atoms with van der Waals surface area (Å²) in [5, 5.41) is 3.09. The van der Waals surface area contributed by atoms with Gasteiger partial charge in [-0.15, -0.1) is 0 Å². The molecule has 17 heavy (non-hydrogen) atoms. The second-order valence-corrected chi connectivity index (χ2v) is 4.57. The average molecular weight is 238 g/mol. The largest absolute Gasteiger partial charge is 0.366 e. The zero-order chi connectivity index (χ0) is 12.8. The smallest absolute Gasteiger partial charge is 0.146 e. The summed E-state index contributed by atoms with van der Waals surface area (Å²) in [7, 11) is 1.88. The number of para-hydroxylation sites is 1. The third-order valence-corrected chi connectivity index (χ3v) is 2.81. The highest BCUT2D eigenvalue weighted by molar-refractivity contribution is 5.55. The highest BCUT2D eigenvalue weighted by atomic mass is 19.1. The van der Waals surface area contributed by atoms with Crippen LogP contribution >= 0.6 is 0 Å². The number of nitrogens with one attached hydrogen (secondary N) is 1. The molecule has 0 fully saturated rings. The Balaban J connectivity index is 3.14. The molecule has 1 N–H and O–H groups in total. The van der Waals surface area contributed by atoms with Crippen molar-refractivity contribution >= 4 is 5.69 Å². The number of hydrogen-bond donors (Lipinski definition) is 1. The van der Waals surface area contributed by atoms with Crippen LogP contribution in [0.2, 0.25) is 0 Å². The summed E-state index contributed by atoms with van der Waals surface area (Å²) in [6.45, 7) is 7.90. The number of halogens is 1. The summed E-state index contributed by atoms with van der Waals surface area (Å²) in [6.07, 6.45) is 1.02. The van der Waals surface area contributed by atoms with E-state index in [2.05, 4.69) is 31.0 Å². The highest BCUT2D eigenvalue weighted by Gasteiger charge is 2.17. The predicted molar refractivity (Wildman–Crippen MR) is 71.9 cm³/mol. The Bertz CT molecular complexity index is 350. The van der Waals surface area contributed by atoms with E-state index in [1.165, 1.54) is 0 Å². The van der Waals surface area contributed by atoms with Gasteiger partial charge >= 0.3 is 0 Å². The molecule has 1 aromatic rings. The fraction of sp³-hybridized carbons (Fsp3) is 0.571. The minimum Gasteiger partial charge on any atom is -0.366 e.